The van der Waals surface area contributed by atoms with Crippen LogP contribution in [0.4, 0.5) is 0 Å². The van der Waals surface area contributed by atoms with E-state index >= 15 is 0 Å². The van der Waals surface area contributed by atoms with Crippen molar-refractivity contribution >= 4 is 16.9 Å². The van der Waals surface area contributed by atoms with Crippen molar-refractivity contribution in [1.82, 2.24) is 0 Å². The zero-order chi connectivity index (χ0) is 17.5. The highest BCUT2D eigenvalue weighted by Crippen LogP contribution is 2.36. The van der Waals surface area contributed by atoms with Gasteiger partial charge in [-0.15, -0.1) is 0 Å². The van der Waals surface area contributed by atoms with E-state index in [1.165, 1.54) is 14.0 Å². The average molecular weight is 332 g/mol. The van der Waals surface area contributed by atoms with Crippen LogP contribution in [0.3, 0.4) is 0 Å². The lowest BCUT2D eigenvalue weighted by Crippen LogP contribution is -2.11. The molecule has 0 fully saturated rings. The van der Waals surface area contributed by atoms with Crippen LogP contribution in [0.25, 0.3) is 11.0 Å². The normalized spacial score (nSPS) is 11.0. The molecule has 0 unspecified atom stereocenters. The van der Waals surface area contributed by atoms with E-state index in [2.05, 4.69) is 0 Å². The monoisotopic (exact) mass is 332 g/mol. The Bertz CT molecular complexity index is 803. The third kappa shape index (κ3) is 3.95. The second kappa shape index (κ2) is 8.19. The highest BCUT2D eigenvalue weighted by atomic mass is 16.5. The predicted molar refractivity (Wildman–Crippen MR) is 89.9 cm³/mol. The summed E-state index contributed by atoms with van der Waals surface area (Å²) in [6, 6.07) is 4.92. The summed E-state index contributed by atoms with van der Waals surface area (Å²) in [5.74, 6) is -0.0791. The molecule has 2 aromatic rings. The Morgan fingerprint density at radius 2 is 2.04 bits per heavy atom. The molecule has 0 saturated heterocycles. The van der Waals surface area contributed by atoms with Crippen LogP contribution >= 0.6 is 0 Å². The molecule has 0 aliphatic rings. The highest BCUT2D eigenvalue weighted by molar-refractivity contribution is 5.91. The minimum Gasteiger partial charge on any atom is -0.492 e. The number of esters is 1. The minimum atomic E-state index is -0.682. The molecule has 0 N–H and O–H groups in total. The van der Waals surface area contributed by atoms with E-state index < -0.39 is 11.6 Å². The molecular formula is C18H20O6. The van der Waals surface area contributed by atoms with Gasteiger partial charge in [-0.3, -0.25) is 4.79 Å². The fourth-order valence-electron chi connectivity index (χ4n) is 2.23. The van der Waals surface area contributed by atoms with E-state index in [0.29, 0.717) is 18.4 Å². The number of fused-ring (bicyclic) bond motifs is 1. The van der Waals surface area contributed by atoms with E-state index in [9.17, 15) is 9.59 Å². The fourth-order valence-corrected chi connectivity index (χ4v) is 2.23. The van der Waals surface area contributed by atoms with Crippen LogP contribution < -0.4 is 19.8 Å². The topological polar surface area (TPSA) is 75.0 Å². The maximum absolute atomic E-state index is 12.2. The first-order valence-corrected chi connectivity index (χ1v) is 7.68. The van der Waals surface area contributed by atoms with E-state index in [4.69, 9.17) is 18.6 Å². The van der Waals surface area contributed by atoms with Crippen molar-refractivity contribution in [2.45, 2.75) is 26.7 Å². The Kier molecular flexibility index (Phi) is 6.01. The summed E-state index contributed by atoms with van der Waals surface area (Å²) in [5, 5.41) is 0.495. The molecular weight excluding hydrogens is 312 g/mol. The van der Waals surface area contributed by atoms with Gasteiger partial charge < -0.3 is 18.6 Å². The smallest absolute Gasteiger partial charge is 0.383 e. The van der Waals surface area contributed by atoms with E-state index in [1.807, 2.05) is 19.1 Å². The number of hydrogen-bond acceptors (Lipinski definition) is 6. The number of hydrogen-bond donors (Lipinski definition) is 0. The minimum absolute atomic E-state index is 0.00914. The third-order valence-corrected chi connectivity index (χ3v) is 3.20. The molecule has 2 rings (SSSR count). The second-order valence-electron chi connectivity index (χ2n) is 5.00. The van der Waals surface area contributed by atoms with Gasteiger partial charge in [0.1, 0.15) is 0 Å². The number of methoxy groups -OCH3 is 1. The number of allylic oxidation sites excluding steroid dienone is 1. The number of rotatable bonds is 7. The third-order valence-electron chi connectivity index (χ3n) is 3.20. The summed E-state index contributed by atoms with van der Waals surface area (Å²) < 4.78 is 21.2. The molecule has 1 aromatic carbocycles. The number of ether oxygens (including phenoxy) is 3. The van der Waals surface area contributed by atoms with Gasteiger partial charge in [0.25, 0.3) is 0 Å². The number of para-hydroxylation sites is 1. The molecule has 6 nitrogen and oxygen atoms in total. The second-order valence-corrected chi connectivity index (χ2v) is 5.00. The molecule has 0 aliphatic carbocycles. The first-order valence-electron chi connectivity index (χ1n) is 7.68. The van der Waals surface area contributed by atoms with Crippen LogP contribution in [0, 0.1) is 0 Å². The molecule has 128 valence electrons. The Morgan fingerprint density at radius 1 is 1.25 bits per heavy atom. The van der Waals surface area contributed by atoms with Crippen LogP contribution in [0.1, 0.15) is 26.7 Å². The number of carbonyl (C=O) groups excluding carboxylic acids is 1. The van der Waals surface area contributed by atoms with Gasteiger partial charge in [-0.2, -0.15) is 0 Å². The Labute approximate surface area is 139 Å². The number of benzene rings is 1. The molecule has 0 radical (unpaired) electrons. The largest absolute Gasteiger partial charge is 0.492 e. The Hall–Kier alpha value is -2.76. The van der Waals surface area contributed by atoms with Crippen LogP contribution in [-0.2, 0) is 4.79 Å². The maximum Gasteiger partial charge on any atom is 0.383 e. The van der Waals surface area contributed by atoms with Gasteiger partial charge in [-0.25, -0.2) is 4.79 Å². The molecule has 24 heavy (non-hydrogen) atoms. The molecule has 0 amide bonds. The fraction of sp³-hybridized carbons (Fsp3) is 0.333. The standard InChI is InChI=1S/C18H20O6/c1-4-5-6-7-11-22-17-16(21-3)13-9-8-10-14(23-12(2)19)15(13)24-18(17)20/h5-6,8-10H,4,7,11H2,1-3H3. The maximum atomic E-state index is 12.2. The molecule has 0 atom stereocenters. The van der Waals surface area contributed by atoms with Gasteiger partial charge in [0, 0.05) is 6.92 Å². The summed E-state index contributed by atoms with van der Waals surface area (Å²) in [4.78, 5) is 23.4. The van der Waals surface area contributed by atoms with Crippen LogP contribution in [0.15, 0.2) is 39.6 Å². The lowest BCUT2D eigenvalue weighted by molar-refractivity contribution is -0.131. The van der Waals surface area contributed by atoms with Crippen molar-refractivity contribution in [2.75, 3.05) is 13.7 Å². The molecule has 0 aliphatic heterocycles. The lowest BCUT2D eigenvalue weighted by atomic mass is 10.2. The first-order chi connectivity index (χ1) is 11.6. The van der Waals surface area contributed by atoms with Gasteiger partial charge in [-0.1, -0.05) is 25.1 Å². The van der Waals surface area contributed by atoms with Gasteiger partial charge in [0.15, 0.2) is 17.1 Å². The first kappa shape index (κ1) is 17.6. The van der Waals surface area contributed by atoms with Crippen molar-refractivity contribution in [1.29, 1.82) is 0 Å². The van der Waals surface area contributed by atoms with Gasteiger partial charge >= 0.3 is 11.6 Å². The molecule has 0 spiro atoms. The van der Waals surface area contributed by atoms with Crippen molar-refractivity contribution in [2.24, 2.45) is 0 Å². The van der Waals surface area contributed by atoms with Crippen LogP contribution in [-0.4, -0.2) is 19.7 Å². The molecule has 1 aromatic heterocycles. The van der Waals surface area contributed by atoms with Crippen molar-refractivity contribution < 1.29 is 23.4 Å². The van der Waals surface area contributed by atoms with Gasteiger partial charge in [0.2, 0.25) is 5.75 Å². The molecule has 1 heterocycles. The quantitative estimate of drug-likeness (QED) is 0.254. The lowest BCUT2D eigenvalue weighted by Gasteiger charge is -2.12. The van der Waals surface area contributed by atoms with Crippen molar-refractivity contribution in [3.63, 3.8) is 0 Å². The zero-order valence-electron chi connectivity index (χ0n) is 14.0. The van der Waals surface area contributed by atoms with Gasteiger partial charge in [-0.05, 0) is 25.0 Å². The Balaban J connectivity index is 2.43. The van der Waals surface area contributed by atoms with Gasteiger partial charge in [0.05, 0.1) is 19.1 Å². The van der Waals surface area contributed by atoms with Crippen LogP contribution in [0.5, 0.6) is 17.2 Å². The van der Waals surface area contributed by atoms with E-state index in [-0.39, 0.29) is 22.8 Å². The highest BCUT2D eigenvalue weighted by Gasteiger charge is 2.19. The zero-order valence-corrected chi connectivity index (χ0v) is 14.0. The van der Waals surface area contributed by atoms with E-state index in [0.717, 1.165) is 6.42 Å². The van der Waals surface area contributed by atoms with Crippen LogP contribution in [0.2, 0.25) is 0 Å². The average Bonchev–Trinajstić information content (AvgIpc) is 2.55. The summed E-state index contributed by atoms with van der Waals surface area (Å²) in [5.41, 5.74) is -0.536. The van der Waals surface area contributed by atoms with Crippen molar-refractivity contribution in [3.05, 3.63) is 40.8 Å². The summed E-state index contributed by atoms with van der Waals surface area (Å²) >= 11 is 0. The van der Waals surface area contributed by atoms with E-state index in [1.54, 1.807) is 18.2 Å². The SMILES string of the molecule is CCC=CCCOc1c(OC)c2cccc(OC(C)=O)c2oc1=O. The molecule has 0 saturated carbocycles. The molecule has 6 heteroatoms. The summed E-state index contributed by atoms with van der Waals surface area (Å²) in [6.07, 6.45) is 5.62. The summed E-state index contributed by atoms with van der Waals surface area (Å²) in [6.45, 7) is 3.64. The predicted octanol–water partition coefficient (Wildman–Crippen LogP) is 3.46. The summed E-state index contributed by atoms with van der Waals surface area (Å²) in [7, 11) is 1.44. The van der Waals surface area contributed by atoms with Crippen molar-refractivity contribution in [3.8, 4) is 17.2 Å². The number of carbonyl (C=O) groups is 1. The Morgan fingerprint density at radius 3 is 2.71 bits per heavy atom. The molecule has 0 bridgehead atoms.